The summed E-state index contributed by atoms with van der Waals surface area (Å²) in [6, 6.07) is 6.62. The van der Waals surface area contributed by atoms with Gasteiger partial charge in [0, 0.05) is 50.0 Å². The number of nitrogens with zero attached hydrogens (tertiary/aromatic N) is 2. The summed E-state index contributed by atoms with van der Waals surface area (Å²) in [5.74, 6) is 0. The number of rotatable bonds is 4. The second-order valence-corrected chi connectivity index (χ2v) is 6.67. The van der Waals surface area contributed by atoms with E-state index in [9.17, 15) is 0 Å². The first-order valence-corrected chi connectivity index (χ1v) is 8.42. The first-order chi connectivity index (χ1) is 10.3. The van der Waals surface area contributed by atoms with Crippen LogP contribution in [0.1, 0.15) is 12.0 Å². The van der Waals surface area contributed by atoms with Crippen LogP contribution in [0.15, 0.2) is 22.7 Å². The highest BCUT2D eigenvalue weighted by molar-refractivity contribution is 9.10. The maximum Gasteiger partial charge on any atom is 0.0710 e. The fourth-order valence-corrected chi connectivity index (χ4v) is 3.58. The summed E-state index contributed by atoms with van der Waals surface area (Å²) in [6.45, 7) is 6.76. The maximum absolute atomic E-state index is 5.47. The first-order valence-electron chi connectivity index (χ1n) is 7.62. The number of morpholine rings is 1. The monoisotopic (exact) mass is 354 g/mol. The zero-order valence-electron chi connectivity index (χ0n) is 12.6. The highest BCUT2D eigenvalue weighted by atomic mass is 79.9. The fourth-order valence-electron chi connectivity index (χ4n) is 3.17. The van der Waals surface area contributed by atoms with E-state index in [0.717, 1.165) is 56.8 Å². The van der Waals surface area contributed by atoms with Crippen LogP contribution in [-0.4, -0.2) is 57.5 Å². The van der Waals surface area contributed by atoms with Gasteiger partial charge in [-0.3, -0.25) is 4.90 Å². The molecule has 0 bridgehead atoms. The fraction of sp³-hybridized carbons (Fsp3) is 0.625. The van der Waals surface area contributed by atoms with Crippen LogP contribution in [-0.2, 0) is 16.0 Å². The average molecular weight is 355 g/mol. The SMILES string of the molecule is COC1CCN(Cc2cc(Br)ccc2N2CCOCC2)C1. The van der Waals surface area contributed by atoms with Gasteiger partial charge in [0.05, 0.1) is 19.3 Å². The van der Waals surface area contributed by atoms with Crippen LogP contribution in [0.4, 0.5) is 5.69 Å². The molecule has 5 heteroatoms. The predicted octanol–water partition coefficient (Wildman–Crippen LogP) is 2.51. The Kier molecular flexibility index (Phi) is 5.16. The number of hydrogen-bond acceptors (Lipinski definition) is 4. The molecule has 0 aliphatic carbocycles. The Morgan fingerprint density at radius 2 is 2.10 bits per heavy atom. The summed E-state index contributed by atoms with van der Waals surface area (Å²) >= 11 is 3.61. The molecule has 0 aromatic heterocycles. The lowest BCUT2D eigenvalue weighted by atomic mass is 10.1. The van der Waals surface area contributed by atoms with Gasteiger partial charge in [-0.05, 0) is 30.2 Å². The van der Waals surface area contributed by atoms with Crippen molar-refractivity contribution in [2.24, 2.45) is 0 Å². The van der Waals surface area contributed by atoms with E-state index in [-0.39, 0.29) is 0 Å². The van der Waals surface area contributed by atoms with Gasteiger partial charge in [0.2, 0.25) is 0 Å². The molecular formula is C16H23BrN2O2. The number of methoxy groups -OCH3 is 1. The normalized spacial score (nSPS) is 23.7. The molecule has 0 N–H and O–H groups in total. The van der Waals surface area contributed by atoms with Gasteiger partial charge in [0.15, 0.2) is 0 Å². The summed E-state index contributed by atoms with van der Waals surface area (Å²) < 4.78 is 12.1. The third-order valence-electron chi connectivity index (χ3n) is 4.35. The van der Waals surface area contributed by atoms with E-state index in [4.69, 9.17) is 9.47 Å². The van der Waals surface area contributed by atoms with E-state index in [2.05, 4.69) is 43.9 Å². The Bertz CT molecular complexity index is 477. The highest BCUT2D eigenvalue weighted by Gasteiger charge is 2.23. The molecule has 1 aromatic rings. The number of likely N-dealkylation sites (tertiary alicyclic amines) is 1. The molecule has 4 nitrogen and oxygen atoms in total. The molecule has 2 saturated heterocycles. The summed E-state index contributed by atoms with van der Waals surface area (Å²) in [5, 5.41) is 0. The van der Waals surface area contributed by atoms with Gasteiger partial charge in [0.25, 0.3) is 0 Å². The van der Waals surface area contributed by atoms with E-state index < -0.39 is 0 Å². The van der Waals surface area contributed by atoms with Crippen molar-refractivity contribution in [2.75, 3.05) is 51.4 Å². The molecular weight excluding hydrogens is 332 g/mol. The smallest absolute Gasteiger partial charge is 0.0710 e. The molecule has 1 unspecified atom stereocenters. The number of hydrogen-bond donors (Lipinski definition) is 0. The van der Waals surface area contributed by atoms with Gasteiger partial charge in [-0.25, -0.2) is 0 Å². The molecule has 1 aromatic carbocycles. The van der Waals surface area contributed by atoms with Crippen molar-refractivity contribution in [1.82, 2.24) is 4.90 Å². The third kappa shape index (κ3) is 3.77. The molecule has 2 aliphatic rings. The minimum atomic E-state index is 0.393. The number of halogens is 1. The van der Waals surface area contributed by atoms with Gasteiger partial charge in [0.1, 0.15) is 0 Å². The highest BCUT2D eigenvalue weighted by Crippen LogP contribution is 2.28. The van der Waals surface area contributed by atoms with E-state index >= 15 is 0 Å². The Morgan fingerprint density at radius 3 is 2.81 bits per heavy atom. The molecule has 2 heterocycles. The molecule has 0 radical (unpaired) electrons. The van der Waals surface area contributed by atoms with Crippen molar-refractivity contribution in [2.45, 2.75) is 19.1 Å². The van der Waals surface area contributed by atoms with Crippen molar-refractivity contribution < 1.29 is 9.47 Å². The van der Waals surface area contributed by atoms with Crippen molar-refractivity contribution in [3.8, 4) is 0 Å². The van der Waals surface area contributed by atoms with Gasteiger partial charge in [-0.1, -0.05) is 15.9 Å². The minimum absolute atomic E-state index is 0.393. The first kappa shape index (κ1) is 15.3. The van der Waals surface area contributed by atoms with E-state index in [0.29, 0.717) is 6.10 Å². The standard InChI is InChI=1S/C16H23BrN2O2/c1-20-15-4-5-18(12-15)11-13-10-14(17)2-3-16(13)19-6-8-21-9-7-19/h2-3,10,15H,4-9,11-12H2,1H3. The van der Waals surface area contributed by atoms with E-state index in [1.165, 1.54) is 11.3 Å². The second-order valence-electron chi connectivity index (χ2n) is 5.75. The summed E-state index contributed by atoms with van der Waals surface area (Å²) in [5.41, 5.74) is 2.74. The van der Waals surface area contributed by atoms with Gasteiger partial charge < -0.3 is 14.4 Å². The van der Waals surface area contributed by atoms with Crippen molar-refractivity contribution >= 4 is 21.6 Å². The average Bonchev–Trinajstić information content (AvgIpc) is 2.96. The van der Waals surface area contributed by atoms with Gasteiger partial charge in [-0.15, -0.1) is 0 Å². The quantitative estimate of drug-likeness (QED) is 0.829. The van der Waals surface area contributed by atoms with Crippen LogP contribution < -0.4 is 4.90 Å². The van der Waals surface area contributed by atoms with Crippen LogP contribution >= 0.6 is 15.9 Å². The summed E-state index contributed by atoms with van der Waals surface area (Å²) in [6.07, 6.45) is 1.53. The molecule has 2 fully saturated rings. The zero-order valence-corrected chi connectivity index (χ0v) is 14.1. The number of ether oxygens (including phenoxy) is 2. The van der Waals surface area contributed by atoms with Gasteiger partial charge in [-0.2, -0.15) is 0 Å². The number of anilines is 1. The predicted molar refractivity (Wildman–Crippen MR) is 87.9 cm³/mol. The van der Waals surface area contributed by atoms with Crippen LogP contribution in [0, 0.1) is 0 Å². The molecule has 0 spiro atoms. The van der Waals surface area contributed by atoms with Crippen LogP contribution in [0.3, 0.4) is 0 Å². The van der Waals surface area contributed by atoms with Crippen molar-refractivity contribution in [3.63, 3.8) is 0 Å². The summed E-state index contributed by atoms with van der Waals surface area (Å²) in [4.78, 5) is 4.93. The molecule has 3 rings (SSSR count). The molecule has 0 saturated carbocycles. The lowest BCUT2D eigenvalue weighted by Crippen LogP contribution is -2.37. The lowest BCUT2D eigenvalue weighted by molar-refractivity contribution is 0.107. The second kappa shape index (κ2) is 7.09. The van der Waals surface area contributed by atoms with Crippen LogP contribution in [0.25, 0.3) is 0 Å². The summed E-state index contributed by atoms with van der Waals surface area (Å²) in [7, 11) is 1.81. The molecule has 2 aliphatic heterocycles. The molecule has 21 heavy (non-hydrogen) atoms. The maximum atomic E-state index is 5.47. The Balaban J connectivity index is 1.75. The van der Waals surface area contributed by atoms with E-state index in [1.54, 1.807) is 0 Å². The van der Waals surface area contributed by atoms with Crippen molar-refractivity contribution in [3.05, 3.63) is 28.2 Å². The molecule has 0 amide bonds. The lowest BCUT2D eigenvalue weighted by Gasteiger charge is -2.31. The largest absolute Gasteiger partial charge is 0.380 e. The molecule has 116 valence electrons. The minimum Gasteiger partial charge on any atom is -0.380 e. The topological polar surface area (TPSA) is 24.9 Å². The van der Waals surface area contributed by atoms with Crippen LogP contribution in [0.5, 0.6) is 0 Å². The Morgan fingerprint density at radius 1 is 1.29 bits per heavy atom. The zero-order chi connectivity index (χ0) is 14.7. The molecule has 1 atom stereocenters. The van der Waals surface area contributed by atoms with E-state index in [1.807, 2.05) is 7.11 Å². The number of benzene rings is 1. The Hall–Kier alpha value is -0.620. The van der Waals surface area contributed by atoms with Crippen LogP contribution in [0.2, 0.25) is 0 Å². The third-order valence-corrected chi connectivity index (χ3v) is 4.84. The Labute approximate surface area is 135 Å². The van der Waals surface area contributed by atoms with Gasteiger partial charge >= 0.3 is 0 Å². The van der Waals surface area contributed by atoms with Crippen molar-refractivity contribution in [1.29, 1.82) is 0 Å².